The van der Waals surface area contributed by atoms with Crippen LogP contribution in [0.2, 0.25) is 0 Å². The molecule has 1 heterocycles. The van der Waals surface area contributed by atoms with Gasteiger partial charge < -0.3 is 0 Å². The molecular weight excluding hydrogens is 609 g/mol. The van der Waals surface area contributed by atoms with Gasteiger partial charge in [-0.05, 0) is 107 Å². The number of nitriles is 1. The van der Waals surface area contributed by atoms with Gasteiger partial charge in [0, 0.05) is 22.1 Å². The van der Waals surface area contributed by atoms with Gasteiger partial charge >= 0.3 is 0 Å². The molecule has 4 nitrogen and oxygen atoms in total. The largest absolute Gasteiger partial charge is 0.208 e. The van der Waals surface area contributed by atoms with E-state index in [1.54, 1.807) is 0 Å². The monoisotopic (exact) mass is 644 g/mol. The van der Waals surface area contributed by atoms with Crippen molar-refractivity contribution in [1.29, 1.82) is 5.26 Å². The molecule has 4 aliphatic rings. The Kier molecular flexibility index (Phi) is 6.71. The van der Waals surface area contributed by atoms with E-state index in [-0.39, 0.29) is 0 Å². The van der Waals surface area contributed by atoms with E-state index in [0.29, 0.717) is 28.5 Å². The Labute approximate surface area is 292 Å². The number of hydrogen-bond acceptors (Lipinski definition) is 4. The molecule has 0 aliphatic heterocycles. The minimum Gasteiger partial charge on any atom is -0.208 e. The van der Waals surface area contributed by atoms with E-state index in [4.69, 9.17) is 15.0 Å². The molecule has 0 atom stereocenters. The second-order valence-electron chi connectivity index (χ2n) is 15.0. The van der Waals surface area contributed by atoms with Crippen LogP contribution in [0.1, 0.15) is 49.7 Å². The summed E-state index contributed by atoms with van der Waals surface area (Å²) in [5, 5.41) is 14.1. The summed E-state index contributed by atoms with van der Waals surface area (Å²) >= 11 is 0. The van der Waals surface area contributed by atoms with Crippen molar-refractivity contribution in [3.8, 4) is 51.4 Å². The normalized spacial score (nSPS) is 22.2. The maximum Gasteiger partial charge on any atom is 0.164 e. The van der Waals surface area contributed by atoms with Crippen LogP contribution in [0.3, 0.4) is 0 Å². The van der Waals surface area contributed by atoms with Crippen LogP contribution >= 0.6 is 0 Å². The van der Waals surface area contributed by atoms with Crippen molar-refractivity contribution in [2.45, 2.75) is 43.9 Å². The molecule has 0 unspecified atom stereocenters. The fourth-order valence-electron chi connectivity index (χ4n) is 10.2. The highest BCUT2D eigenvalue weighted by Crippen LogP contribution is 2.60. The molecule has 11 rings (SSSR count). The lowest BCUT2D eigenvalue weighted by atomic mass is 9.48. The Morgan fingerprint density at radius 3 is 1.84 bits per heavy atom. The Balaban J connectivity index is 1.13. The Hall–Kier alpha value is -5.66. The number of fused-ring (bicyclic) bond motifs is 3. The summed E-state index contributed by atoms with van der Waals surface area (Å²) in [6.07, 6.45) is 8.46. The summed E-state index contributed by atoms with van der Waals surface area (Å²) in [6, 6.07) is 46.8. The van der Waals surface area contributed by atoms with Crippen molar-refractivity contribution >= 4 is 21.5 Å². The summed E-state index contributed by atoms with van der Waals surface area (Å²) in [7, 11) is 0. The minimum atomic E-state index is 0.370. The summed E-state index contributed by atoms with van der Waals surface area (Å²) in [5.74, 6) is 4.61. The molecule has 4 fully saturated rings. The van der Waals surface area contributed by atoms with Crippen molar-refractivity contribution in [2.75, 3.05) is 0 Å². The lowest BCUT2D eigenvalue weighted by molar-refractivity contribution is -0.00518. The van der Waals surface area contributed by atoms with E-state index < -0.39 is 0 Å². The first-order valence-corrected chi connectivity index (χ1v) is 18.0. The van der Waals surface area contributed by atoms with Crippen molar-refractivity contribution < 1.29 is 0 Å². The average molecular weight is 645 g/mol. The Bertz CT molecular complexity index is 2440. The summed E-state index contributed by atoms with van der Waals surface area (Å²) in [4.78, 5) is 15.5. The molecule has 0 radical (unpaired) electrons. The maximum atomic E-state index is 10.1. The van der Waals surface area contributed by atoms with Gasteiger partial charge in [0.2, 0.25) is 0 Å². The maximum absolute atomic E-state index is 10.1. The van der Waals surface area contributed by atoms with Gasteiger partial charge in [0.25, 0.3) is 0 Å². The molecule has 240 valence electrons. The molecule has 0 N–H and O–H groups in total. The molecular formula is C46H36N4. The van der Waals surface area contributed by atoms with Crippen molar-refractivity contribution in [2.24, 2.45) is 17.8 Å². The zero-order valence-corrected chi connectivity index (χ0v) is 27.9. The number of aromatic nitrogens is 3. The van der Waals surface area contributed by atoms with Crippen LogP contribution in [0.5, 0.6) is 0 Å². The average Bonchev–Trinajstić information content (AvgIpc) is 3.17. The highest BCUT2D eigenvalue weighted by molar-refractivity contribution is 6.15. The van der Waals surface area contributed by atoms with E-state index in [2.05, 4.69) is 78.9 Å². The second-order valence-corrected chi connectivity index (χ2v) is 15.0. The van der Waals surface area contributed by atoms with Crippen LogP contribution in [0, 0.1) is 29.1 Å². The number of hydrogen-bond donors (Lipinski definition) is 0. The summed E-state index contributed by atoms with van der Waals surface area (Å²) in [5.41, 5.74) is 7.61. The molecule has 4 heteroatoms. The Morgan fingerprint density at radius 1 is 0.520 bits per heavy atom. The molecule has 7 aromatic rings. The lowest BCUT2D eigenvalue weighted by Crippen LogP contribution is -2.48. The minimum absolute atomic E-state index is 0.370. The third-order valence-electron chi connectivity index (χ3n) is 11.9. The van der Waals surface area contributed by atoms with Crippen LogP contribution in [-0.2, 0) is 5.41 Å². The molecule has 0 saturated heterocycles. The lowest BCUT2D eigenvalue weighted by Gasteiger charge is -2.57. The van der Waals surface area contributed by atoms with Gasteiger partial charge in [0.1, 0.15) is 0 Å². The molecule has 0 spiro atoms. The molecule has 6 aromatic carbocycles. The topological polar surface area (TPSA) is 62.5 Å². The number of nitrogens with zero attached hydrogens (tertiary/aromatic N) is 4. The molecule has 50 heavy (non-hydrogen) atoms. The van der Waals surface area contributed by atoms with Gasteiger partial charge in [0.05, 0.1) is 11.6 Å². The van der Waals surface area contributed by atoms with Gasteiger partial charge in [-0.15, -0.1) is 0 Å². The molecule has 4 aliphatic carbocycles. The zero-order chi connectivity index (χ0) is 33.2. The molecule has 4 bridgehead atoms. The van der Waals surface area contributed by atoms with Crippen LogP contribution in [-0.4, -0.2) is 15.0 Å². The first-order chi connectivity index (χ1) is 24.6. The van der Waals surface area contributed by atoms with Gasteiger partial charge in [-0.1, -0.05) is 115 Å². The third-order valence-corrected chi connectivity index (χ3v) is 11.9. The first-order valence-electron chi connectivity index (χ1n) is 18.0. The molecule has 4 saturated carbocycles. The fraction of sp³-hybridized carbons (Fsp3) is 0.217. The Morgan fingerprint density at radius 2 is 1.12 bits per heavy atom. The van der Waals surface area contributed by atoms with Gasteiger partial charge in [-0.3, -0.25) is 0 Å². The summed E-state index contributed by atoms with van der Waals surface area (Å²) < 4.78 is 0. The van der Waals surface area contributed by atoms with Crippen molar-refractivity contribution in [3.63, 3.8) is 0 Å². The molecule has 0 amide bonds. The van der Waals surface area contributed by atoms with E-state index in [1.807, 2.05) is 54.6 Å². The smallest absolute Gasteiger partial charge is 0.164 e. The predicted octanol–water partition coefficient (Wildman–Crippen LogP) is 11.2. The van der Waals surface area contributed by atoms with Crippen LogP contribution < -0.4 is 0 Å². The predicted molar refractivity (Wildman–Crippen MR) is 201 cm³/mol. The van der Waals surface area contributed by atoms with Crippen LogP contribution in [0.4, 0.5) is 0 Å². The third kappa shape index (κ3) is 4.76. The van der Waals surface area contributed by atoms with Crippen LogP contribution in [0.25, 0.3) is 66.8 Å². The van der Waals surface area contributed by atoms with E-state index in [9.17, 15) is 5.26 Å². The SMILES string of the molecule is N#Cc1cccc2c(-c3nc(-c4ccccc4)nc(-c4ccccc4-c4ccc(C56CC7CC(CC(C7)C5)C6)cc4)n3)cc3ccccc3c12. The van der Waals surface area contributed by atoms with E-state index in [0.717, 1.165) is 61.6 Å². The van der Waals surface area contributed by atoms with Gasteiger partial charge in [0.15, 0.2) is 17.5 Å². The standard InChI is InChI=1S/C46H36N4/c47-28-35-12-8-16-39-41(24-34-11-4-5-14-38(34)42(35)39)45-49-43(33-9-2-1-3-10-33)48-44(50-45)40-15-7-6-13-37(40)32-17-19-36(20-18-32)46-25-29-21-30(26-46)23-31(22-29)27-46/h1-20,24,29-31H,21-23,25-27H2. The van der Waals surface area contributed by atoms with E-state index in [1.165, 1.54) is 49.7 Å². The zero-order valence-electron chi connectivity index (χ0n) is 27.9. The highest BCUT2D eigenvalue weighted by Gasteiger charge is 2.51. The van der Waals surface area contributed by atoms with Crippen molar-refractivity contribution in [3.05, 3.63) is 139 Å². The van der Waals surface area contributed by atoms with Gasteiger partial charge in [-0.2, -0.15) is 5.26 Å². The van der Waals surface area contributed by atoms with Crippen LogP contribution in [0.15, 0.2) is 127 Å². The molecule has 1 aromatic heterocycles. The summed E-state index contributed by atoms with van der Waals surface area (Å²) in [6.45, 7) is 0. The fourth-order valence-corrected chi connectivity index (χ4v) is 10.2. The number of rotatable bonds is 5. The van der Waals surface area contributed by atoms with E-state index >= 15 is 0 Å². The number of benzene rings is 6. The highest BCUT2D eigenvalue weighted by atomic mass is 15.0. The van der Waals surface area contributed by atoms with Crippen molar-refractivity contribution in [1.82, 2.24) is 15.0 Å². The second kappa shape index (κ2) is 11.5. The quantitative estimate of drug-likeness (QED) is 0.175. The van der Waals surface area contributed by atoms with Gasteiger partial charge in [-0.25, -0.2) is 15.0 Å². The first kappa shape index (κ1) is 29.3.